The van der Waals surface area contributed by atoms with Crippen LogP contribution in [0.3, 0.4) is 0 Å². The zero-order chi connectivity index (χ0) is 9.84. The number of nitrogens with one attached hydrogen (secondary N) is 1. The fraction of sp³-hybridized carbons (Fsp3) is 0.750. The molecule has 0 unspecified atom stereocenters. The molecule has 0 bridgehead atoms. The average molecular weight is 185 g/mol. The van der Waals surface area contributed by atoms with Crippen LogP contribution >= 0.6 is 0 Å². The molecule has 0 aromatic carbocycles. The number of likely N-dealkylation sites (N-methyl/N-ethyl adjacent to an activating group) is 1. The Kier molecular flexibility index (Phi) is 3.11. The lowest BCUT2D eigenvalue weighted by Crippen LogP contribution is -2.47. The number of carbonyl (C=O) groups excluding carboxylic acids is 2. The van der Waals surface area contributed by atoms with Crippen LogP contribution in [0, 0.1) is 0 Å². The van der Waals surface area contributed by atoms with Crippen LogP contribution in [0.15, 0.2) is 0 Å². The first-order chi connectivity index (χ1) is 6.09. The number of hydrogen-bond donors (Lipinski definition) is 2. The third-order valence-electron chi connectivity index (χ3n) is 2.17. The van der Waals surface area contributed by atoms with Crippen molar-refractivity contribution in [1.82, 2.24) is 10.2 Å². The van der Waals surface area contributed by atoms with Gasteiger partial charge in [0.1, 0.15) is 6.54 Å². The Morgan fingerprint density at radius 1 is 1.54 bits per heavy atom. The normalized spacial score (nSPS) is 16.1. The minimum atomic E-state index is -0.494. The lowest BCUT2D eigenvalue weighted by Gasteiger charge is -2.28. The van der Waals surface area contributed by atoms with E-state index < -0.39 is 5.91 Å². The maximum Gasteiger partial charge on any atom is 0.317 e. The summed E-state index contributed by atoms with van der Waals surface area (Å²) in [6, 6.07) is 0.0753. The van der Waals surface area contributed by atoms with E-state index in [2.05, 4.69) is 5.32 Å². The highest BCUT2D eigenvalue weighted by atomic mass is 16.2. The number of nitrogens with zero attached hydrogens (tertiary/aromatic N) is 1. The first-order valence-corrected chi connectivity index (χ1v) is 4.39. The maximum absolute atomic E-state index is 11.3. The Morgan fingerprint density at radius 2 is 2.15 bits per heavy atom. The van der Waals surface area contributed by atoms with Crippen LogP contribution in [0.1, 0.15) is 19.3 Å². The Balaban J connectivity index is 2.24. The van der Waals surface area contributed by atoms with Crippen molar-refractivity contribution >= 4 is 11.9 Å². The van der Waals surface area contributed by atoms with Crippen LogP contribution in [-0.4, -0.2) is 36.5 Å². The molecule has 13 heavy (non-hydrogen) atoms. The SMILES string of the molecule is CN(CC(N)=O)C(=O)NC1CCC1. The van der Waals surface area contributed by atoms with E-state index in [4.69, 9.17) is 5.73 Å². The van der Waals surface area contributed by atoms with Gasteiger partial charge < -0.3 is 16.0 Å². The Bertz CT molecular complexity index is 213. The van der Waals surface area contributed by atoms with Gasteiger partial charge in [-0.3, -0.25) is 4.79 Å². The molecule has 3 amide bonds. The summed E-state index contributed by atoms with van der Waals surface area (Å²) in [4.78, 5) is 23.1. The predicted octanol–water partition coefficient (Wildman–Crippen LogP) is -0.334. The number of primary amides is 1. The quantitative estimate of drug-likeness (QED) is 0.631. The second-order valence-corrected chi connectivity index (χ2v) is 3.40. The molecule has 0 aromatic rings. The molecule has 0 aromatic heterocycles. The van der Waals surface area contributed by atoms with Gasteiger partial charge in [-0.25, -0.2) is 4.79 Å². The fourth-order valence-electron chi connectivity index (χ4n) is 1.14. The standard InChI is InChI=1S/C8H15N3O2/c1-11(5-7(9)12)8(13)10-6-3-2-4-6/h6H,2-5H2,1H3,(H2,9,12)(H,10,13). The molecule has 1 rings (SSSR count). The third-order valence-corrected chi connectivity index (χ3v) is 2.17. The van der Waals surface area contributed by atoms with Gasteiger partial charge in [-0.05, 0) is 19.3 Å². The molecule has 5 heteroatoms. The average Bonchev–Trinajstić information content (AvgIpc) is 1.94. The summed E-state index contributed by atoms with van der Waals surface area (Å²) in [5.41, 5.74) is 4.95. The first kappa shape index (κ1) is 9.83. The van der Waals surface area contributed by atoms with Crippen molar-refractivity contribution in [3.8, 4) is 0 Å². The number of urea groups is 1. The molecule has 0 aliphatic heterocycles. The molecule has 0 spiro atoms. The van der Waals surface area contributed by atoms with Crippen molar-refractivity contribution in [2.75, 3.05) is 13.6 Å². The lowest BCUT2D eigenvalue weighted by atomic mass is 9.93. The monoisotopic (exact) mass is 185 g/mol. The van der Waals surface area contributed by atoms with Gasteiger partial charge in [-0.15, -0.1) is 0 Å². The topological polar surface area (TPSA) is 75.4 Å². The van der Waals surface area contributed by atoms with E-state index in [-0.39, 0.29) is 12.6 Å². The molecule has 1 saturated carbocycles. The summed E-state index contributed by atoms with van der Waals surface area (Å²) < 4.78 is 0. The maximum atomic E-state index is 11.3. The van der Waals surface area contributed by atoms with Gasteiger partial charge in [0.2, 0.25) is 5.91 Å². The molecule has 0 radical (unpaired) electrons. The highest BCUT2D eigenvalue weighted by Gasteiger charge is 2.21. The lowest BCUT2D eigenvalue weighted by molar-refractivity contribution is -0.118. The van der Waals surface area contributed by atoms with E-state index in [1.165, 1.54) is 11.3 Å². The third kappa shape index (κ3) is 2.93. The van der Waals surface area contributed by atoms with Crippen molar-refractivity contribution in [2.45, 2.75) is 25.3 Å². The van der Waals surface area contributed by atoms with Crippen LogP contribution in [0.25, 0.3) is 0 Å². The van der Waals surface area contributed by atoms with Crippen LogP contribution in [0.2, 0.25) is 0 Å². The largest absolute Gasteiger partial charge is 0.368 e. The van der Waals surface area contributed by atoms with E-state index in [9.17, 15) is 9.59 Å². The van der Waals surface area contributed by atoms with Gasteiger partial charge in [0.05, 0.1) is 0 Å². The van der Waals surface area contributed by atoms with Gasteiger partial charge in [0.15, 0.2) is 0 Å². The van der Waals surface area contributed by atoms with Gasteiger partial charge in [0.25, 0.3) is 0 Å². The smallest absolute Gasteiger partial charge is 0.317 e. The molecule has 1 aliphatic carbocycles. The second kappa shape index (κ2) is 4.11. The predicted molar refractivity (Wildman–Crippen MR) is 48.0 cm³/mol. The summed E-state index contributed by atoms with van der Waals surface area (Å²) in [7, 11) is 1.55. The van der Waals surface area contributed by atoms with Gasteiger partial charge in [0, 0.05) is 13.1 Å². The van der Waals surface area contributed by atoms with Crippen LogP contribution in [0.4, 0.5) is 4.79 Å². The summed E-state index contributed by atoms with van der Waals surface area (Å²) in [6.07, 6.45) is 3.25. The van der Waals surface area contributed by atoms with Crippen molar-refractivity contribution in [1.29, 1.82) is 0 Å². The fourth-order valence-corrected chi connectivity index (χ4v) is 1.14. The van der Waals surface area contributed by atoms with Gasteiger partial charge >= 0.3 is 6.03 Å². The van der Waals surface area contributed by atoms with Crippen molar-refractivity contribution in [2.24, 2.45) is 5.73 Å². The molecule has 0 atom stereocenters. The van der Waals surface area contributed by atoms with E-state index in [1.807, 2.05) is 0 Å². The van der Waals surface area contributed by atoms with Crippen LogP contribution in [-0.2, 0) is 4.79 Å². The van der Waals surface area contributed by atoms with Crippen molar-refractivity contribution < 1.29 is 9.59 Å². The molecule has 0 saturated heterocycles. The Morgan fingerprint density at radius 3 is 2.54 bits per heavy atom. The Hall–Kier alpha value is -1.26. The van der Waals surface area contributed by atoms with E-state index in [0.29, 0.717) is 6.04 Å². The second-order valence-electron chi connectivity index (χ2n) is 3.40. The molecular weight excluding hydrogens is 170 g/mol. The molecule has 5 nitrogen and oxygen atoms in total. The summed E-state index contributed by atoms with van der Waals surface area (Å²) in [5, 5.41) is 2.80. The van der Waals surface area contributed by atoms with E-state index in [1.54, 1.807) is 7.05 Å². The van der Waals surface area contributed by atoms with Crippen molar-refractivity contribution in [3.05, 3.63) is 0 Å². The summed E-state index contributed by atoms with van der Waals surface area (Å²) in [6.45, 7) is -0.0292. The first-order valence-electron chi connectivity index (χ1n) is 4.39. The van der Waals surface area contributed by atoms with Crippen molar-refractivity contribution in [3.63, 3.8) is 0 Å². The summed E-state index contributed by atoms with van der Waals surface area (Å²) >= 11 is 0. The minimum Gasteiger partial charge on any atom is -0.368 e. The van der Waals surface area contributed by atoms with Crippen LogP contribution < -0.4 is 11.1 Å². The Labute approximate surface area is 77.3 Å². The zero-order valence-electron chi connectivity index (χ0n) is 7.75. The molecule has 3 N–H and O–H groups in total. The van der Waals surface area contributed by atoms with E-state index >= 15 is 0 Å². The number of amides is 3. The number of hydrogen-bond acceptors (Lipinski definition) is 2. The minimum absolute atomic E-state index is 0.0292. The highest BCUT2D eigenvalue weighted by molar-refractivity contribution is 5.82. The summed E-state index contributed by atoms with van der Waals surface area (Å²) in [5.74, 6) is -0.494. The molecule has 1 fully saturated rings. The van der Waals surface area contributed by atoms with Gasteiger partial charge in [-0.2, -0.15) is 0 Å². The number of nitrogens with two attached hydrogens (primary N) is 1. The molecular formula is C8H15N3O2. The zero-order valence-corrected chi connectivity index (χ0v) is 7.75. The van der Waals surface area contributed by atoms with Gasteiger partial charge in [-0.1, -0.05) is 0 Å². The highest BCUT2D eigenvalue weighted by Crippen LogP contribution is 2.17. The molecule has 1 aliphatic rings. The van der Waals surface area contributed by atoms with Crippen LogP contribution in [0.5, 0.6) is 0 Å². The number of carbonyl (C=O) groups is 2. The van der Waals surface area contributed by atoms with E-state index in [0.717, 1.165) is 12.8 Å². The number of rotatable bonds is 3. The molecule has 74 valence electrons. The molecule has 0 heterocycles.